The summed E-state index contributed by atoms with van der Waals surface area (Å²) in [7, 11) is -3.73. The Labute approximate surface area is 124 Å². The maximum Gasteiger partial charge on any atom is 0.252 e. The fourth-order valence-corrected chi connectivity index (χ4v) is 3.38. The highest BCUT2D eigenvalue weighted by molar-refractivity contribution is 7.91. The van der Waals surface area contributed by atoms with Gasteiger partial charge < -0.3 is 5.32 Å². The van der Waals surface area contributed by atoms with Crippen LogP contribution in [-0.2, 0) is 10.0 Å². The van der Waals surface area contributed by atoms with E-state index in [9.17, 15) is 13.2 Å². The molecule has 1 atom stereocenters. The fraction of sp³-hybridized carbons (Fsp3) is 0.615. The zero-order valence-electron chi connectivity index (χ0n) is 12.0. The van der Waals surface area contributed by atoms with Crippen molar-refractivity contribution in [3.63, 3.8) is 0 Å². The first kappa shape index (κ1) is 17.1. The first-order valence-corrected chi connectivity index (χ1v) is 9.05. The van der Waals surface area contributed by atoms with E-state index in [0.29, 0.717) is 11.5 Å². The lowest BCUT2D eigenvalue weighted by Crippen LogP contribution is -2.32. The van der Waals surface area contributed by atoms with Crippen LogP contribution in [0.4, 0.5) is 0 Å². The number of nitrogens with one attached hydrogen (secondary N) is 1. The number of primary sulfonamides is 1. The average Bonchev–Trinajstić information content (AvgIpc) is 2.76. The van der Waals surface area contributed by atoms with Gasteiger partial charge in [-0.25, -0.2) is 13.6 Å². The van der Waals surface area contributed by atoms with Gasteiger partial charge in [0.2, 0.25) is 10.0 Å². The van der Waals surface area contributed by atoms with Crippen LogP contribution in [0.3, 0.4) is 0 Å². The number of carbonyl (C=O) groups excluding carboxylic acids is 1. The third kappa shape index (κ3) is 5.60. The van der Waals surface area contributed by atoms with Crippen LogP contribution in [-0.4, -0.2) is 20.4 Å². The fourth-order valence-electron chi connectivity index (χ4n) is 1.80. The number of carbonyl (C=O) groups is 1. The molecule has 5 nitrogen and oxygen atoms in total. The van der Waals surface area contributed by atoms with Crippen LogP contribution >= 0.6 is 11.3 Å². The Morgan fingerprint density at radius 2 is 2.00 bits per heavy atom. The molecule has 0 saturated heterocycles. The Hall–Kier alpha value is -0.920. The molecule has 1 heterocycles. The van der Waals surface area contributed by atoms with Gasteiger partial charge in [0, 0.05) is 11.4 Å². The molecule has 7 heteroatoms. The molecule has 114 valence electrons. The minimum absolute atomic E-state index is 0.00936. The molecule has 0 aliphatic heterocycles. The van der Waals surface area contributed by atoms with Gasteiger partial charge in [-0.15, -0.1) is 11.3 Å². The van der Waals surface area contributed by atoms with Crippen molar-refractivity contribution in [2.45, 2.75) is 50.3 Å². The second kappa shape index (κ2) is 7.19. The van der Waals surface area contributed by atoms with Crippen molar-refractivity contribution in [2.75, 3.05) is 0 Å². The second-order valence-corrected chi connectivity index (χ2v) is 8.10. The maximum absolute atomic E-state index is 12.0. The molecule has 0 aromatic carbocycles. The van der Waals surface area contributed by atoms with Gasteiger partial charge in [0.15, 0.2) is 0 Å². The van der Waals surface area contributed by atoms with Gasteiger partial charge in [-0.3, -0.25) is 4.79 Å². The summed E-state index contributed by atoms with van der Waals surface area (Å²) in [6, 6.07) is 1.38. The Kier molecular flexibility index (Phi) is 6.16. The minimum atomic E-state index is -3.73. The van der Waals surface area contributed by atoms with Gasteiger partial charge in [0.1, 0.15) is 4.21 Å². The lowest BCUT2D eigenvalue weighted by molar-refractivity contribution is 0.0938. The first-order valence-electron chi connectivity index (χ1n) is 6.62. The molecule has 1 aromatic rings. The number of hydrogen-bond acceptors (Lipinski definition) is 4. The van der Waals surface area contributed by atoms with Crippen LogP contribution in [0.5, 0.6) is 0 Å². The molecular weight excluding hydrogens is 296 g/mol. The molecule has 1 rings (SSSR count). The van der Waals surface area contributed by atoms with E-state index in [4.69, 9.17) is 5.14 Å². The molecule has 0 spiro atoms. The molecular formula is C13H22N2O3S2. The van der Waals surface area contributed by atoms with E-state index in [2.05, 4.69) is 19.2 Å². The lowest BCUT2D eigenvalue weighted by Gasteiger charge is -2.13. The highest BCUT2D eigenvalue weighted by Crippen LogP contribution is 2.19. The van der Waals surface area contributed by atoms with Crippen LogP contribution in [0, 0.1) is 5.92 Å². The third-order valence-electron chi connectivity index (χ3n) is 2.91. The zero-order valence-corrected chi connectivity index (χ0v) is 13.7. The number of amides is 1. The predicted molar refractivity (Wildman–Crippen MR) is 81.3 cm³/mol. The van der Waals surface area contributed by atoms with E-state index >= 15 is 0 Å². The molecule has 0 radical (unpaired) electrons. The molecule has 1 unspecified atom stereocenters. The summed E-state index contributed by atoms with van der Waals surface area (Å²) in [6.07, 6.45) is 3.11. The van der Waals surface area contributed by atoms with E-state index in [-0.39, 0.29) is 16.2 Å². The largest absolute Gasteiger partial charge is 0.350 e. The number of hydrogen-bond donors (Lipinski definition) is 2. The normalized spacial score (nSPS) is 13.4. The monoisotopic (exact) mass is 318 g/mol. The Morgan fingerprint density at radius 3 is 2.50 bits per heavy atom. The quantitative estimate of drug-likeness (QED) is 0.808. The molecule has 20 heavy (non-hydrogen) atoms. The van der Waals surface area contributed by atoms with Gasteiger partial charge in [-0.1, -0.05) is 26.7 Å². The van der Waals surface area contributed by atoms with Gasteiger partial charge in [0.25, 0.3) is 5.91 Å². The molecule has 0 aliphatic rings. The van der Waals surface area contributed by atoms with Crippen molar-refractivity contribution in [1.82, 2.24) is 5.32 Å². The number of sulfonamides is 1. The Bertz CT molecular complexity index is 550. The van der Waals surface area contributed by atoms with Crippen molar-refractivity contribution < 1.29 is 13.2 Å². The van der Waals surface area contributed by atoms with Crippen LogP contribution in [0.25, 0.3) is 0 Å². The zero-order chi connectivity index (χ0) is 15.3. The second-order valence-electron chi connectivity index (χ2n) is 5.40. The molecule has 0 fully saturated rings. The van der Waals surface area contributed by atoms with Gasteiger partial charge in [-0.2, -0.15) is 0 Å². The van der Waals surface area contributed by atoms with Crippen molar-refractivity contribution >= 4 is 27.3 Å². The predicted octanol–water partition coefficient (Wildman–Crippen LogP) is 2.34. The molecule has 3 N–H and O–H groups in total. The van der Waals surface area contributed by atoms with E-state index in [1.54, 1.807) is 0 Å². The number of rotatable bonds is 7. The minimum Gasteiger partial charge on any atom is -0.350 e. The van der Waals surface area contributed by atoms with Crippen molar-refractivity contribution in [3.05, 3.63) is 17.0 Å². The SMILES string of the molecule is CC(C)CCCC(C)NC(=O)c1csc(S(N)(=O)=O)c1. The van der Waals surface area contributed by atoms with E-state index in [1.165, 1.54) is 11.4 Å². The number of thiophene rings is 1. The molecule has 0 bridgehead atoms. The van der Waals surface area contributed by atoms with Crippen LogP contribution < -0.4 is 10.5 Å². The first-order chi connectivity index (χ1) is 9.20. The van der Waals surface area contributed by atoms with E-state index in [1.807, 2.05) is 6.92 Å². The van der Waals surface area contributed by atoms with Crippen LogP contribution in [0.2, 0.25) is 0 Å². The topological polar surface area (TPSA) is 89.3 Å². The highest BCUT2D eigenvalue weighted by atomic mass is 32.2. The number of nitrogens with two attached hydrogens (primary N) is 1. The summed E-state index contributed by atoms with van der Waals surface area (Å²) in [5.41, 5.74) is 0.342. The van der Waals surface area contributed by atoms with Crippen LogP contribution in [0.1, 0.15) is 50.4 Å². The van der Waals surface area contributed by atoms with Crippen molar-refractivity contribution in [2.24, 2.45) is 11.1 Å². The van der Waals surface area contributed by atoms with Crippen molar-refractivity contribution in [1.29, 1.82) is 0 Å². The Balaban J connectivity index is 2.52. The van der Waals surface area contributed by atoms with E-state index in [0.717, 1.165) is 30.6 Å². The molecule has 0 aliphatic carbocycles. The summed E-state index contributed by atoms with van der Waals surface area (Å²) < 4.78 is 22.3. The summed E-state index contributed by atoms with van der Waals surface area (Å²) in [6.45, 7) is 6.29. The van der Waals surface area contributed by atoms with Gasteiger partial charge >= 0.3 is 0 Å². The highest BCUT2D eigenvalue weighted by Gasteiger charge is 2.16. The Morgan fingerprint density at radius 1 is 1.35 bits per heavy atom. The van der Waals surface area contributed by atoms with Crippen LogP contribution in [0.15, 0.2) is 15.7 Å². The maximum atomic E-state index is 12.0. The average molecular weight is 318 g/mol. The summed E-state index contributed by atoms with van der Waals surface area (Å²) in [4.78, 5) is 12.0. The standard InChI is InChI=1S/C13H22N2O3S2/c1-9(2)5-4-6-10(3)15-13(16)11-7-12(19-8-11)20(14,17)18/h7-10H,4-6H2,1-3H3,(H,15,16)(H2,14,17,18). The summed E-state index contributed by atoms with van der Waals surface area (Å²) >= 11 is 0.960. The van der Waals surface area contributed by atoms with Gasteiger partial charge in [0.05, 0.1) is 5.56 Å². The van der Waals surface area contributed by atoms with Gasteiger partial charge in [-0.05, 0) is 25.3 Å². The van der Waals surface area contributed by atoms with E-state index < -0.39 is 10.0 Å². The smallest absolute Gasteiger partial charge is 0.252 e. The van der Waals surface area contributed by atoms with Crippen molar-refractivity contribution in [3.8, 4) is 0 Å². The third-order valence-corrected chi connectivity index (χ3v) is 5.30. The summed E-state index contributed by atoms with van der Waals surface area (Å²) in [5.74, 6) is 0.403. The summed E-state index contributed by atoms with van der Waals surface area (Å²) in [5, 5.41) is 9.39. The molecule has 1 aromatic heterocycles. The lowest BCUT2D eigenvalue weighted by atomic mass is 10.0. The molecule has 0 saturated carbocycles. The molecule has 1 amide bonds.